The number of aryl methyl sites for hydroxylation is 2. The molecule has 0 aliphatic rings. The van der Waals surface area contributed by atoms with Crippen molar-refractivity contribution in [2.45, 2.75) is 39.7 Å². The molecule has 1 heterocycles. The van der Waals surface area contributed by atoms with Crippen molar-refractivity contribution in [2.75, 3.05) is 7.05 Å². The van der Waals surface area contributed by atoms with Gasteiger partial charge < -0.3 is 15.4 Å². The third kappa shape index (κ3) is 5.49. The first-order valence-electron chi connectivity index (χ1n) is 9.33. The maximum atomic E-state index is 12.4. The number of rotatable bonds is 8. The van der Waals surface area contributed by atoms with Crippen LogP contribution < -0.4 is 10.6 Å². The molecular weight excluding hydrogens is 354 g/mol. The molecule has 2 amide bonds. The minimum atomic E-state index is -0.430. The third-order valence-electron chi connectivity index (χ3n) is 4.83. The lowest BCUT2D eigenvalue weighted by molar-refractivity contribution is -0.127. The number of hydrogen-bond acceptors (Lipinski definition) is 4. The SMILES string of the molecule is CNC(=O)C(CC=O)C(C)c1ccc(C(=O)NCc2cc(C)nc(C)c2)cc1. The van der Waals surface area contributed by atoms with Gasteiger partial charge in [-0.25, -0.2) is 0 Å². The van der Waals surface area contributed by atoms with Crippen molar-refractivity contribution in [1.29, 1.82) is 0 Å². The van der Waals surface area contributed by atoms with Crippen molar-refractivity contribution in [1.82, 2.24) is 15.6 Å². The fourth-order valence-corrected chi connectivity index (χ4v) is 3.31. The Hall–Kier alpha value is -3.02. The Kier molecular flexibility index (Phi) is 7.44. The van der Waals surface area contributed by atoms with E-state index in [1.165, 1.54) is 0 Å². The van der Waals surface area contributed by atoms with Gasteiger partial charge in [0.15, 0.2) is 0 Å². The number of nitrogens with one attached hydrogen (secondary N) is 2. The molecule has 6 nitrogen and oxygen atoms in total. The summed E-state index contributed by atoms with van der Waals surface area (Å²) in [5.41, 5.74) is 4.30. The Bertz CT molecular complexity index is 826. The van der Waals surface area contributed by atoms with Crippen LogP contribution in [0.4, 0.5) is 0 Å². The van der Waals surface area contributed by atoms with Gasteiger partial charge in [0.1, 0.15) is 6.29 Å². The minimum absolute atomic E-state index is 0.134. The molecule has 28 heavy (non-hydrogen) atoms. The summed E-state index contributed by atoms with van der Waals surface area (Å²) < 4.78 is 0. The molecule has 6 heteroatoms. The second kappa shape index (κ2) is 9.78. The average molecular weight is 381 g/mol. The van der Waals surface area contributed by atoms with Crippen LogP contribution in [-0.4, -0.2) is 30.1 Å². The lowest BCUT2D eigenvalue weighted by Crippen LogP contribution is -2.31. The number of nitrogens with zero attached hydrogens (tertiary/aromatic N) is 1. The summed E-state index contributed by atoms with van der Waals surface area (Å²) in [7, 11) is 1.56. The van der Waals surface area contributed by atoms with Crippen LogP contribution in [0.25, 0.3) is 0 Å². The first-order chi connectivity index (χ1) is 13.3. The zero-order chi connectivity index (χ0) is 20.7. The smallest absolute Gasteiger partial charge is 0.251 e. The van der Waals surface area contributed by atoms with Crippen molar-refractivity contribution < 1.29 is 14.4 Å². The number of carbonyl (C=O) groups is 3. The predicted octanol–water partition coefficient (Wildman–Crippen LogP) is 2.68. The van der Waals surface area contributed by atoms with Gasteiger partial charge in [0.2, 0.25) is 5.91 Å². The summed E-state index contributed by atoms with van der Waals surface area (Å²) in [5, 5.41) is 5.52. The fourth-order valence-electron chi connectivity index (χ4n) is 3.31. The highest BCUT2D eigenvalue weighted by molar-refractivity contribution is 5.94. The molecule has 2 N–H and O–H groups in total. The van der Waals surface area contributed by atoms with Gasteiger partial charge in [-0.3, -0.25) is 14.6 Å². The molecule has 0 aliphatic heterocycles. The van der Waals surface area contributed by atoms with E-state index in [9.17, 15) is 14.4 Å². The van der Waals surface area contributed by atoms with Gasteiger partial charge in [0.05, 0.1) is 5.92 Å². The van der Waals surface area contributed by atoms with E-state index in [4.69, 9.17) is 0 Å². The summed E-state index contributed by atoms with van der Waals surface area (Å²) in [4.78, 5) is 39.7. The molecule has 148 valence electrons. The minimum Gasteiger partial charge on any atom is -0.359 e. The normalized spacial score (nSPS) is 12.7. The quantitative estimate of drug-likeness (QED) is 0.688. The molecule has 0 spiro atoms. The molecule has 0 bridgehead atoms. The highest BCUT2D eigenvalue weighted by atomic mass is 16.2. The standard InChI is InChI=1S/C22H27N3O3/c1-14-11-17(12-15(2)25-14)13-24-21(27)19-7-5-18(6-8-19)16(3)20(9-10-26)22(28)23-4/h5-8,10-12,16,20H,9,13H2,1-4H3,(H,23,28)(H,24,27). The molecule has 0 radical (unpaired) electrons. The fraction of sp³-hybridized carbons (Fsp3) is 0.364. The van der Waals surface area contributed by atoms with E-state index in [2.05, 4.69) is 15.6 Å². The summed E-state index contributed by atoms with van der Waals surface area (Å²) in [6, 6.07) is 11.0. The number of aromatic nitrogens is 1. The van der Waals surface area contributed by atoms with Crippen LogP contribution in [0.2, 0.25) is 0 Å². The first-order valence-corrected chi connectivity index (χ1v) is 9.33. The number of carbonyl (C=O) groups excluding carboxylic acids is 3. The van der Waals surface area contributed by atoms with Gasteiger partial charge >= 0.3 is 0 Å². The van der Waals surface area contributed by atoms with Crippen LogP contribution in [0.5, 0.6) is 0 Å². The highest BCUT2D eigenvalue weighted by Gasteiger charge is 2.25. The molecule has 2 rings (SSSR count). The Morgan fingerprint density at radius 1 is 1.11 bits per heavy atom. The van der Waals surface area contributed by atoms with Crippen molar-refractivity contribution >= 4 is 18.1 Å². The Labute approximate surface area is 165 Å². The molecular formula is C22H27N3O3. The number of pyridine rings is 1. The topological polar surface area (TPSA) is 88.2 Å². The second-order valence-electron chi connectivity index (χ2n) is 6.97. The van der Waals surface area contributed by atoms with Crippen LogP contribution in [0.3, 0.4) is 0 Å². The lowest BCUT2D eigenvalue weighted by Gasteiger charge is -2.21. The average Bonchev–Trinajstić information content (AvgIpc) is 2.68. The maximum absolute atomic E-state index is 12.4. The van der Waals surface area contributed by atoms with E-state index >= 15 is 0 Å². The summed E-state index contributed by atoms with van der Waals surface area (Å²) in [5.74, 6) is -0.892. The maximum Gasteiger partial charge on any atom is 0.251 e. The van der Waals surface area contributed by atoms with Crippen molar-refractivity contribution in [3.05, 3.63) is 64.5 Å². The third-order valence-corrected chi connectivity index (χ3v) is 4.83. The zero-order valence-corrected chi connectivity index (χ0v) is 16.8. The van der Waals surface area contributed by atoms with E-state index in [0.29, 0.717) is 12.1 Å². The van der Waals surface area contributed by atoms with Gasteiger partial charge in [0.25, 0.3) is 5.91 Å². The Balaban J connectivity index is 2.05. The van der Waals surface area contributed by atoms with Crippen LogP contribution in [0.1, 0.15) is 52.1 Å². The molecule has 0 aliphatic carbocycles. The van der Waals surface area contributed by atoms with E-state index in [0.717, 1.165) is 28.8 Å². The molecule has 2 aromatic rings. The molecule has 0 saturated heterocycles. The van der Waals surface area contributed by atoms with Crippen LogP contribution in [0.15, 0.2) is 36.4 Å². The first kappa shape index (κ1) is 21.3. The van der Waals surface area contributed by atoms with E-state index < -0.39 is 5.92 Å². The number of hydrogen-bond donors (Lipinski definition) is 2. The van der Waals surface area contributed by atoms with Crippen LogP contribution >= 0.6 is 0 Å². The van der Waals surface area contributed by atoms with E-state index in [1.54, 1.807) is 19.2 Å². The monoisotopic (exact) mass is 381 g/mol. The number of benzene rings is 1. The predicted molar refractivity (Wildman–Crippen MR) is 108 cm³/mol. The Morgan fingerprint density at radius 2 is 1.71 bits per heavy atom. The largest absolute Gasteiger partial charge is 0.359 e. The zero-order valence-electron chi connectivity index (χ0n) is 16.8. The van der Waals surface area contributed by atoms with Gasteiger partial charge in [0, 0.05) is 37.0 Å². The molecule has 2 unspecified atom stereocenters. The van der Waals surface area contributed by atoms with Crippen molar-refractivity contribution in [2.24, 2.45) is 5.92 Å². The molecule has 0 saturated carbocycles. The summed E-state index contributed by atoms with van der Waals surface area (Å²) in [6.07, 6.45) is 0.925. The number of aldehydes is 1. The van der Waals surface area contributed by atoms with E-state index in [-0.39, 0.29) is 24.2 Å². The van der Waals surface area contributed by atoms with Crippen molar-refractivity contribution in [3.8, 4) is 0 Å². The summed E-state index contributed by atoms with van der Waals surface area (Å²) >= 11 is 0. The van der Waals surface area contributed by atoms with Gasteiger partial charge in [-0.1, -0.05) is 19.1 Å². The number of amides is 2. The van der Waals surface area contributed by atoms with Gasteiger partial charge in [-0.15, -0.1) is 0 Å². The van der Waals surface area contributed by atoms with Gasteiger partial charge in [-0.05, 0) is 55.2 Å². The highest BCUT2D eigenvalue weighted by Crippen LogP contribution is 2.27. The van der Waals surface area contributed by atoms with Crippen LogP contribution in [-0.2, 0) is 16.1 Å². The molecule has 1 aromatic carbocycles. The summed E-state index contributed by atoms with van der Waals surface area (Å²) in [6.45, 7) is 6.19. The lowest BCUT2D eigenvalue weighted by atomic mass is 9.84. The van der Waals surface area contributed by atoms with Gasteiger partial charge in [-0.2, -0.15) is 0 Å². The van der Waals surface area contributed by atoms with E-state index in [1.807, 2.05) is 45.0 Å². The second-order valence-corrected chi connectivity index (χ2v) is 6.97. The van der Waals surface area contributed by atoms with Crippen LogP contribution in [0, 0.1) is 19.8 Å². The Morgan fingerprint density at radius 3 is 2.25 bits per heavy atom. The molecule has 2 atom stereocenters. The van der Waals surface area contributed by atoms with Crippen molar-refractivity contribution in [3.63, 3.8) is 0 Å². The molecule has 1 aromatic heterocycles. The molecule has 0 fully saturated rings.